The molecule has 5 nitrogen and oxygen atoms in total. The van der Waals surface area contributed by atoms with Crippen LogP contribution >= 0.6 is 11.3 Å². The Bertz CT molecular complexity index is 1310. The number of anilines is 1. The summed E-state index contributed by atoms with van der Waals surface area (Å²) in [6, 6.07) is 16.4. The van der Waals surface area contributed by atoms with Crippen LogP contribution in [0.3, 0.4) is 0 Å². The Morgan fingerprint density at radius 2 is 1.97 bits per heavy atom. The Morgan fingerprint density at radius 1 is 1.18 bits per heavy atom. The molecule has 7 heteroatoms. The van der Waals surface area contributed by atoms with Gasteiger partial charge in [-0.2, -0.15) is 0 Å². The first-order valence-electron chi connectivity index (χ1n) is 11.6. The van der Waals surface area contributed by atoms with E-state index >= 15 is 0 Å². The molecular weight excluding hydrogens is 447 g/mol. The van der Waals surface area contributed by atoms with Crippen molar-refractivity contribution in [1.82, 2.24) is 14.9 Å². The molecule has 0 aliphatic carbocycles. The highest BCUT2D eigenvalue weighted by Gasteiger charge is 2.34. The average Bonchev–Trinajstić information content (AvgIpc) is 3.24. The third-order valence-corrected chi connectivity index (χ3v) is 7.57. The summed E-state index contributed by atoms with van der Waals surface area (Å²) in [5, 5.41) is 5.47. The third kappa shape index (κ3) is 4.40. The van der Waals surface area contributed by atoms with Crippen LogP contribution in [0.2, 0.25) is 0 Å². The van der Waals surface area contributed by atoms with E-state index in [1.807, 2.05) is 42.2 Å². The number of fused-ring (bicyclic) bond motifs is 1. The van der Waals surface area contributed by atoms with Crippen LogP contribution in [-0.2, 0) is 0 Å². The standard InChI is InChI=1S/C27H27FN4OS/c1-17-6-5-15-32(23(17)16-30-22-9-3-7-19-8-4-14-29-24(19)22)27(33)25-26(34-18(2)31-25)20-10-12-21(28)13-11-20/h3-4,7-14,17,23,30H,5-6,15-16H2,1-2H3. The minimum absolute atomic E-state index is 0.0308. The van der Waals surface area contributed by atoms with Gasteiger partial charge in [-0.25, -0.2) is 9.37 Å². The van der Waals surface area contributed by atoms with E-state index in [-0.39, 0.29) is 17.8 Å². The van der Waals surface area contributed by atoms with Gasteiger partial charge in [-0.15, -0.1) is 11.3 Å². The molecule has 3 heterocycles. The van der Waals surface area contributed by atoms with E-state index in [0.29, 0.717) is 24.7 Å². The van der Waals surface area contributed by atoms with E-state index in [2.05, 4.69) is 22.2 Å². The highest BCUT2D eigenvalue weighted by Crippen LogP contribution is 2.33. The lowest BCUT2D eigenvalue weighted by atomic mass is 9.90. The lowest BCUT2D eigenvalue weighted by Crippen LogP contribution is -2.51. The summed E-state index contributed by atoms with van der Waals surface area (Å²) in [4.78, 5) is 25.7. The number of carbonyl (C=O) groups excluding carboxylic acids is 1. The first-order chi connectivity index (χ1) is 16.5. The molecule has 0 bridgehead atoms. The van der Waals surface area contributed by atoms with Gasteiger partial charge in [-0.3, -0.25) is 9.78 Å². The van der Waals surface area contributed by atoms with Gasteiger partial charge < -0.3 is 10.2 Å². The molecule has 0 radical (unpaired) electrons. The van der Waals surface area contributed by atoms with Crippen LogP contribution in [0, 0.1) is 18.7 Å². The maximum Gasteiger partial charge on any atom is 0.274 e. The minimum atomic E-state index is -0.295. The number of rotatable bonds is 5. The van der Waals surface area contributed by atoms with Crippen molar-refractivity contribution in [3.8, 4) is 10.4 Å². The first-order valence-corrected chi connectivity index (χ1v) is 12.4. The van der Waals surface area contributed by atoms with Gasteiger partial charge in [0.05, 0.1) is 27.1 Å². The van der Waals surface area contributed by atoms with Crippen molar-refractivity contribution < 1.29 is 9.18 Å². The van der Waals surface area contributed by atoms with E-state index in [9.17, 15) is 9.18 Å². The molecule has 2 aromatic heterocycles. The molecule has 2 aromatic carbocycles. The van der Waals surface area contributed by atoms with Crippen LogP contribution in [0.25, 0.3) is 21.3 Å². The average molecular weight is 475 g/mol. The fraction of sp³-hybridized carbons (Fsp3) is 0.296. The lowest BCUT2D eigenvalue weighted by Gasteiger charge is -2.40. The Labute approximate surface area is 202 Å². The van der Waals surface area contributed by atoms with Gasteiger partial charge in [0.1, 0.15) is 11.5 Å². The molecule has 0 saturated carbocycles. The Kier molecular flexibility index (Phi) is 6.28. The second kappa shape index (κ2) is 9.50. The van der Waals surface area contributed by atoms with E-state index in [4.69, 9.17) is 0 Å². The Balaban J connectivity index is 1.42. The summed E-state index contributed by atoms with van der Waals surface area (Å²) in [5.41, 5.74) is 3.18. The number of pyridine rings is 1. The molecule has 1 saturated heterocycles. The van der Waals surface area contributed by atoms with Crippen molar-refractivity contribution in [2.45, 2.75) is 32.7 Å². The predicted octanol–water partition coefficient (Wildman–Crippen LogP) is 6.16. The quantitative estimate of drug-likeness (QED) is 0.376. The zero-order valence-corrected chi connectivity index (χ0v) is 20.1. The smallest absolute Gasteiger partial charge is 0.274 e. The zero-order chi connectivity index (χ0) is 23.7. The number of para-hydroxylation sites is 1. The molecule has 1 amide bonds. The van der Waals surface area contributed by atoms with Gasteiger partial charge >= 0.3 is 0 Å². The summed E-state index contributed by atoms with van der Waals surface area (Å²) in [6.07, 6.45) is 3.84. The van der Waals surface area contributed by atoms with Gasteiger partial charge in [-0.1, -0.05) is 37.3 Å². The number of hydrogen-bond acceptors (Lipinski definition) is 5. The van der Waals surface area contributed by atoms with Gasteiger partial charge in [0, 0.05) is 24.7 Å². The van der Waals surface area contributed by atoms with E-state index in [1.165, 1.54) is 23.5 Å². The van der Waals surface area contributed by atoms with Crippen LogP contribution in [0.1, 0.15) is 35.3 Å². The fourth-order valence-electron chi connectivity index (χ4n) is 4.78. The van der Waals surface area contributed by atoms with E-state index in [1.54, 1.807) is 18.3 Å². The number of halogens is 1. The third-order valence-electron chi connectivity index (χ3n) is 6.55. The van der Waals surface area contributed by atoms with Crippen LogP contribution in [0.15, 0.2) is 60.8 Å². The molecule has 34 heavy (non-hydrogen) atoms. The van der Waals surface area contributed by atoms with Crippen molar-refractivity contribution in [2.75, 3.05) is 18.4 Å². The Hall–Kier alpha value is -3.32. The molecule has 1 aliphatic heterocycles. The normalized spacial score (nSPS) is 18.3. The number of likely N-dealkylation sites (tertiary alicyclic amines) is 1. The molecule has 1 N–H and O–H groups in total. The number of amides is 1. The summed E-state index contributed by atoms with van der Waals surface area (Å²) in [5.74, 6) is -0.00278. The molecule has 2 atom stereocenters. The first kappa shape index (κ1) is 22.5. The predicted molar refractivity (Wildman–Crippen MR) is 136 cm³/mol. The molecule has 2 unspecified atom stereocenters. The Morgan fingerprint density at radius 3 is 2.79 bits per heavy atom. The number of benzene rings is 2. The van der Waals surface area contributed by atoms with Gasteiger partial charge in [0.15, 0.2) is 0 Å². The van der Waals surface area contributed by atoms with Crippen LogP contribution in [0.5, 0.6) is 0 Å². The summed E-state index contributed by atoms with van der Waals surface area (Å²) >= 11 is 1.47. The number of aryl methyl sites for hydroxylation is 1. The van der Waals surface area contributed by atoms with Gasteiger partial charge in [0.25, 0.3) is 5.91 Å². The number of piperidine rings is 1. The summed E-state index contributed by atoms with van der Waals surface area (Å²) in [6.45, 7) is 5.44. The molecule has 1 aliphatic rings. The maximum atomic E-state index is 13.8. The minimum Gasteiger partial charge on any atom is -0.381 e. The highest BCUT2D eigenvalue weighted by atomic mass is 32.1. The fourth-order valence-corrected chi connectivity index (χ4v) is 5.69. The number of hydrogen-bond donors (Lipinski definition) is 1. The number of aromatic nitrogens is 2. The largest absolute Gasteiger partial charge is 0.381 e. The second-order valence-corrected chi connectivity index (χ2v) is 10.1. The number of carbonyl (C=O) groups is 1. The van der Waals surface area contributed by atoms with Crippen molar-refractivity contribution >= 4 is 33.8 Å². The van der Waals surface area contributed by atoms with Crippen molar-refractivity contribution in [1.29, 1.82) is 0 Å². The highest BCUT2D eigenvalue weighted by molar-refractivity contribution is 7.15. The van der Waals surface area contributed by atoms with E-state index < -0.39 is 0 Å². The second-order valence-electron chi connectivity index (χ2n) is 8.86. The lowest BCUT2D eigenvalue weighted by molar-refractivity contribution is 0.0535. The zero-order valence-electron chi connectivity index (χ0n) is 19.3. The van der Waals surface area contributed by atoms with Crippen molar-refractivity contribution in [3.63, 3.8) is 0 Å². The number of thiazole rings is 1. The SMILES string of the molecule is Cc1nc(C(=O)N2CCCC(C)C2CNc2cccc3cccnc23)c(-c2ccc(F)cc2)s1. The number of nitrogens with one attached hydrogen (secondary N) is 1. The molecule has 4 aromatic rings. The summed E-state index contributed by atoms with van der Waals surface area (Å²) in [7, 11) is 0. The van der Waals surface area contributed by atoms with Gasteiger partial charge in [-0.05, 0) is 55.5 Å². The van der Waals surface area contributed by atoms with Crippen LogP contribution in [0.4, 0.5) is 10.1 Å². The molecule has 5 rings (SSSR count). The van der Waals surface area contributed by atoms with Crippen LogP contribution < -0.4 is 5.32 Å². The molecule has 1 fully saturated rings. The molecule has 174 valence electrons. The van der Waals surface area contributed by atoms with Crippen molar-refractivity contribution in [3.05, 3.63) is 77.3 Å². The van der Waals surface area contributed by atoms with E-state index in [0.717, 1.165) is 44.9 Å². The summed E-state index contributed by atoms with van der Waals surface area (Å²) < 4.78 is 13.5. The van der Waals surface area contributed by atoms with Crippen LogP contribution in [-0.4, -0.2) is 39.9 Å². The van der Waals surface area contributed by atoms with Gasteiger partial charge in [0.2, 0.25) is 0 Å². The molecule has 0 spiro atoms. The molecular formula is C27H27FN4OS. The maximum absolute atomic E-state index is 13.8. The van der Waals surface area contributed by atoms with Crippen molar-refractivity contribution in [2.24, 2.45) is 5.92 Å². The monoisotopic (exact) mass is 474 g/mol. The topological polar surface area (TPSA) is 58.1 Å². The number of nitrogens with zero attached hydrogens (tertiary/aromatic N) is 3.